The van der Waals surface area contributed by atoms with E-state index in [1.165, 1.54) is 22.3 Å². The van der Waals surface area contributed by atoms with Gasteiger partial charge in [-0.05, 0) is 91.3 Å². The van der Waals surface area contributed by atoms with Crippen LogP contribution < -0.4 is 9.47 Å². The summed E-state index contributed by atoms with van der Waals surface area (Å²) in [6.45, 7) is 9.45. The van der Waals surface area contributed by atoms with E-state index in [0.29, 0.717) is 39.5 Å². The molecule has 2 aliphatic rings. The van der Waals surface area contributed by atoms with Crippen LogP contribution >= 0.6 is 0 Å². The van der Waals surface area contributed by atoms with E-state index in [-0.39, 0.29) is 17.5 Å². The van der Waals surface area contributed by atoms with Crippen LogP contribution in [0.4, 0.5) is 0 Å². The lowest BCUT2D eigenvalue weighted by atomic mass is 9.76. The molecule has 2 fully saturated rings. The third-order valence-corrected chi connectivity index (χ3v) is 7.80. The van der Waals surface area contributed by atoms with E-state index in [9.17, 15) is 4.79 Å². The number of benzene rings is 3. The minimum Gasteiger partial charge on any atom is -0.491 e. The maximum Gasteiger partial charge on any atom is 0.306 e. The van der Waals surface area contributed by atoms with Crippen molar-refractivity contribution in [3.8, 4) is 22.6 Å². The van der Waals surface area contributed by atoms with Crippen LogP contribution in [0.3, 0.4) is 0 Å². The van der Waals surface area contributed by atoms with Crippen molar-refractivity contribution in [1.29, 1.82) is 0 Å². The van der Waals surface area contributed by atoms with Gasteiger partial charge < -0.3 is 23.7 Å². The van der Waals surface area contributed by atoms with E-state index in [0.717, 1.165) is 42.1 Å². The van der Waals surface area contributed by atoms with Gasteiger partial charge in [0, 0.05) is 6.61 Å². The average molecular weight is 531 g/mol. The zero-order valence-electron chi connectivity index (χ0n) is 23.2. The molecule has 0 saturated carbocycles. The second-order valence-corrected chi connectivity index (χ2v) is 10.6. The predicted octanol–water partition coefficient (Wildman–Crippen LogP) is 6.33. The van der Waals surface area contributed by atoms with Gasteiger partial charge in [0.05, 0.1) is 37.8 Å². The van der Waals surface area contributed by atoms with E-state index in [4.69, 9.17) is 23.7 Å². The van der Waals surface area contributed by atoms with Crippen molar-refractivity contribution < 1.29 is 28.5 Å². The molecule has 0 spiro atoms. The lowest BCUT2D eigenvalue weighted by Gasteiger charge is -2.41. The standard InChI is InChI=1S/C33H38O6/c1-4-36-32(34)18-33(21-35-22-33)26-10-12-27(13-11-26)38-19-25-7-5-9-31(24(25)3)30-15-14-28(17-23(30)2)39-20-29-8-6-16-37-29/h5,7,9-15,17,29H,4,6,8,16,18-22H2,1-3H3. The molecule has 6 nitrogen and oxygen atoms in total. The van der Waals surface area contributed by atoms with Crippen molar-refractivity contribution >= 4 is 5.97 Å². The molecule has 5 rings (SSSR count). The Morgan fingerprint density at radius 2 is 1.77 bits per heavy atom. The first-order chi connectivity index (χ1) is 19.0. The van der Waals surface area contributed by atoms with E-state index in [1.807, 2.05) is 37.3 Å². The van der Waals surface area contributed by atoms with Crippen LogP contribution in [0.25, 0.3) is 11.1 Å². The number of rotatable bonds is 11. The largest absolute Gasteiger partial charge is 0.491 e. The molecule has 0 N–H and O–H groups in total. The van der Waals surface area contributed by atoms with Crippen LogP contribution in [0, 0.1) is 13.8 Å². The van der Waals surface area contributed by atoms with E-state index < -0.39 is 0 Å². The number of esters is 1. The van der Waals surface area contributed by atoms with Gasteiger partial charge in [0.25, 0.3) is 0 Å². The van der Waals surface area contributed by atoms with Crippen LogP contribution in [0.5, 0.6) is 11.5 Å². The highest BCUT2D eigenvalue weighted by atomic mass is 16.5. The van der Waals surface area contributed by atoms with Crippen molar-refractivity contribution in [3.63, 3.8) is 0 Å². The molecule has 0 amide bonds. The molecular weight excluding hydrogens is 492 g/mol. The third kappa shape index (κ3) is 6.29. The van der Waals surface area contributed by atoms with Gasteiger partial charge in [-0.2, -0.15) is 0 Å². The summed E-state index contributed by atoms with van der Waals surface area (Å²) in [4.78, 5) is 12.1. The Kier molecular flexibility index (Phi) is 8.53. The molecule has 0 bridgehead atoms. The molecule has 39 heavy (non-hydrogen) atoms. The molecule has 0 aliphatic carbocycles. The van der Waals surface area contributed by atoms with Gasteiger partial charge in [0.2, 0.25) is 0 Å². The third-order valence-electron chi connectivity index (χ3n) is 7.80. The quantitative estimate of drug-likeness (QED) is 0.270. The zero-order chi connectivity index (χ0) is 27.2. The predicted molar refractivity (Wildman–Crippen MR) is 150 cm³/mol. The summed E-state index contributed by atoms with van der Waals surface area (Å²) in [5.41, 5.74) is 6.67. The fourth-order valence-electron chi connectivity index (χ4n) is 5.40. The number of carbonyl (C=O) groups excluding carboxylic acids is 1. The number of aryl methyl sites for hydroxylation is 1. The summed E-state index contributed by atoms with van der Waals surface area (Å²) >= 11 is 0. The summed E-state index contributed by atoms with van der Waals surface area (Å²) in [5, 5.41) is 0. The van der Waals surface area contributed by atoms with Crippen LogP contribution in [-0.4, -0.2) is 45.1 Å². The highest BCUT2D eigenvalue weighted by Gasteiger charge is 2.42. The van der Waals surface area contributed by atoms with Crippen molar-refractivity contribution in [2.75, 3.05) is 33.0 Å². The van der Waals surface area contributed by atoms with Gasteiger partial charge in [-0.3, -0.25) is 4.79 Å². The Morgan fingerprint density at radius 3 is 2.44 bits per heavy atom. The van der Waals surface area contributed by atoms with Gasteiger partial charge in [-0.1, -0.05) is 36.4 Å². The first-order valence-electron chi connectivity index (χ1n) is 13.9. The molecule has 2 heterocycles. The van der Waals surface area contributed by atoms with Crippen molar-refractivity contribution in [2.24, 2.45) is 0 Å². The maximum atomic E-state index is 12.1. The molecule has 206 valence electrons. The lowest BCUT2D eigenvalue weighted by Crippen LogP contribution is -2.48. The smallest absolute Gasteiger partial charge is 0.306 e. The number of ether oxygens (including phenoxy) is 5. The Hall–Kier alpha value is -3.35. The highest BCUT2D eigenvalue weighted by Crippen LogP contribution is 2.37. The van der Waals surface area contributed by atoms with Gasteiger partial charge in [0.15, 0.2) is 0 Å². The first-order valence-corrected chi connectivity index (χ1v) is 13.9. The van der Waals surface area contributed by atoms with Gasteiger partial charge in [0.1, 0.15) is 24.7 Å². The Labute approximate surface area is 231 Å². The van der Waals surface area contributed by atoms with Crippen molar-refractivity contribution in [2.45, 2.75) is 58.2 Å². The summed E-state index contributed by atoms with van der Waals surface area (Å²) in [6.07, 6.45) is 2.72. The summed E-state index contributed by atoms with van der Waals surface area (Å²) in [7, 11) is 0. The molecule has 2 aliphatic heterocycles. The van der Waals surface area contributed by atoms with Crippen LogP contribution in [0.2, 0.25) is 0 Å². The van der Waals surface area contributed by atoms with Crippen LogP contribution in [0.15, 0.2) is 60.7 Å². The minimum atomic E-state index is -0.307. The number of carbonyl (C=O) groups is 1. The molecule has 2 saturated heterocycles. The van der Waals surface area contributed by atoms with Gasteiger partial charge in [-0.15, -0.1) is 0 Å². The first kappa shape index (κ1) is 27.2. The van der Waals surface area contributed by atoms with Crippen molar-refractivity contribution in [1.82, 2.24) is 0 Å². The summed E-state index contributed by atoms with van der Waals surface area (Å²) in [6, 6.07) is 20.7. The van der Waals surface area contributed by atoms with Crippen molar-refractivity contribution in [3.05, 3.63) is 82.9 Å². The minimum absolute atomic E-state index is 0.187. The Morgan fingerprint density at radius 1 is 0.974 bits per heavy atom. The van der Waals surface area contributed by atoms with Gasteiger partial charge >= 0.3 is 5.97 Å². The van der Waals surface area contributed by atoms with E-state index in [1.54, 1.807) is 0 Å². The molecule has 0 aromatic heterocycles. The molecule has 0 radical (unpaired) electrons. The Bertz CT molecular complexity index is 1270. The molecule has 3 aromatic carbocycles. The molecule has 6 heteroatoms. The molecule has 3 aromatic rings. The molecule has 1 atom stereocenters. The fraction of sp³-hybridized carbons (Fsp3) is 0.424. The second-order valence-electron chi connectivity index (χ2n) is 10.6. The summed E-state index contributed by atoms with van der Waals surface area (Å²) < 4.78 is 28.5. The van der Waals surface area contributed by atoms with Crippen LogP contribution in [0.1, 0.15) is 48.4 Å². The number of hydrogen-bond acceptors (Lipinski definition) is 6. The SMILES string of the molecule is CCOC(=O)CC1(c2ccc(OCc3cccc(-c4ccc(OCC5CCCO5)cc4C)c3C)cc2)COC1. The summed E-state index contributed by atoms with van der Waals surface area (Å²) in [5.74, 6) is 1.48. The normalized spacial score (nSPS) is 17.9. The lowest BCUT2D eigenvalue weighted by molar-refractivity contribution is -0.151. The Balaban J connectivity index is 1.23. The number of hydrogen-bond donors (Lipinski definition) is 0. The van der Waals surface area contributed by atoms with Gasteiger partial charge in [-0.25, -0.2) is 0 Å². The molecule has 1 unspecified atom stereocenters. The van der Waals surface area contributed by atoms with E-state index >= 15 is 0 Å². The monoisotopic (exact) mass is 530 g/mol. The zero-order valence-corrected chi connectivity index (χ0v) is 23.2. The average Bonchev–Trinajstić information content (AvgIpc) is 3.44. The maximum absolute atomic E-state index is 12.1. The van der Waals surface area contributed by atoms with E-state index in [2.05, 4.69) is 44.2 Å². The fourth-order valence-corrected chi connectivity index (χ4v) is 5.40. The second kappa shape index (κ2) is 12.2. The highest BCUT2D eigenvalue weighted by molar-refractivity contribution is 5.73. The van der Waals surface area contributed by atoms with Crippen LogP contribution in [-0.2, 0) is 31.0 Å². The topological polar surface area (TPSA) is 63.2 Å². The molecular formula is C33H38O6.